The molecule has 0 bridgehead atoms. The Hall–Kier alpha value is -8.20. The van der Waals surface area contributed by atoms with Crippen LogP contribution in [0.3, 0.4) is 0 Å². The molecule has 0 aliphatic heterocycles. The molecule has 1 spiro atoms. The van der Waals surface area contributed by atoms with Crippen molar-refractivity contribution in [2.45, 2.75) is 19.3 Å². The summed E-state index contributed by atoms with van der Waals surface area (Å²) in [6, 6.07) is 82.0. The fourth-order valence-electron chi connectivity index (χ4n) is 10.0. The van der Waals surface area contributed by atoms with Crippen molar-refractivity contribution in [3.63, 3.8) is 0 Å². The van der Waals surface area contributed by atoms with Gasteiger partial charge in [0, 0.05) is 34.6 Å². The van der Waals surface area contributed by atoms with E-state index in [1.807, 2.05) is 32.1 Å². The Kier molecular flexibility index (Phi) is 11.2. The molecule has 2 heteroatoms. The predicted octanol–water partition coefficient (Wildman–Crippen LogP) is 17.3. The van der Waals surface area contributed by atoms with Crippen molar-refractivity contribution in [3.8, 4) is 44.5 Å². The Balaban J connectivity index is 0.00000246. The summed E-state index contributed by atoms with van der Waals surface area (Å²) in [5.74, 6) is 0. The standard InChI is InChI=1S/C61H44N2.C2H6/c1-2-3-4-18-42-62(47-20-8-5-9-21-47)48-37-34-45(35-38-48)52-28-19-31-58-60(52)55-27-15-17-30-57(55)61(58)56-29-16-14-26-53(56)54-41-36-46(43-59(54)61)44-32-39-51(40-33-44)63(49-22-10-6-11-23-49)50-24-12-7-13-25-50;1-2/h2-43H,1H2;1-2H3/b4-3-,42-18-;. The van der Waals surface area contributed by atoms with Gasteiger partial charge in [0.25, 0.3) is 0 Å². The highest BCUT2D eigenvalue weighted by atomic mass is 15.1. The summed E-state index contributed by atoms with van der Waals surface area (Å²) in [6.45, 7) is 7.82. The van der Waals surface area contributed by atoms with Crippen molar-refractivity contribution in [2.75, 3.05) is 9.80 Å². The molecule has 0 aromatic heterocycles. The normalized spacial score (nSPS) is 14.0. The quantitative estimate of drug-likeness (QED) is 0.127. The molecule has 9 aromatic carbocycles. The zero-order chi connectivity index (χ0) is 44.2. The van der Waals surface area contributed by atoms with Crippen LogP contribution in [0.1, 0.15) is 36.1 Å². The molecule has 0 fully saturated rings. The lowest BCUT2D eigenvalue weighted by Gasteiger charge is -2.31. The summed E-state index contributed by atoms with van der Waals surface area (Å²) < 4.78 is 0. The van der Waals surface area contributed by atoms with Gasteiger partial charge >= 0.3 is 0 Å². The lowest BCUT2D eigenvalue weighted by molar-refractivity contribution is 0.794. The SMILES string of the molecule is C=C/C=C\C=C/N(c1ccccc1)c1ccc(-c2cccc3c2-c2ccccc2C32c3ccccc3-c3ccc(-c4ccc(N(c5ccccc5)c5ccccc5)cc4)cc32)cc1.CC. The van der Waals surface area contributed by atoms with Gasteiger partial charge < -0.3 is 9.80 Å². The van der Waals surface area contributed by atoms with Gasteiger partial charge in [0.1, 0.15) is 0 Å². The molecule has 11 rings (SSSR count). The molecule has 0 N–H and O–H groups in total. The predicted molar refractivity (Wildman–Crippen MR) is 277 cm³/mol. The molecule has 0 amide bonds. The Morgan fingerprint density at radius 1 is 0.354 bits per heavy atom. The van der Waals surface area contributed by atoms with Gasteiger partial charge in [0.2, 0.25) is 0 Å². The number of fused-ring (bicyclic) bond motifs is 10. The topological polar surface area (TPSA) is 6.48 Å². The number of rotatable bonds is 10. The molecule has 9 aromatic rings. The van der Waals surface area contributed by atoms with Crippen molar-refractivity contribution in [3.05, 3.63) is 284 Å². The van der Waals surface area contributed by atoms with Crippen molar-refractivity contribution in [2.24, 2.45) is 0 Å². The van der Waals surface area contributed by atoms with Crippen LogP contribution in [0.4, 0.5) is 28.4 Å². The van der Waals surface area contributed by atoms with Gasteiger partial charge in [0.15, 0.2) is 0 Å². The minimum atomic E-state index is -0.477. The number of para-hydroxylation sites is 3. The van der Waals surface area contributed by atoms with E-state index in [9.17, 15) is 0 Å². The first-order valence-electron chi connectivity index (χ1n) is 22.6. The highest BCUT2D eigenvalue weighted by molar-refractivity contribution is 6.00. The van der Waals surface area contributed by atoms with Crippen LogP contribution in [-0.4, -0.2) is 0 Å². The molecular formula is C63H50N2. The van der Waals surface area contributed by atoms with Gasteiger partial charge in [-0.3, -0.25) is 0 Å². The summed E-state index contributed by atoms with van der Waals surface area (Å²) >= 11 is 0. The van der Waals surface area contributed by atoms with E-state index in [1.54, 1.807) is 6.08 Å². The highest BCUT2D eigenvalue weighted by Gasteiger charge is 2.52. The van der Waals surface area contributed by atoms with Crippen molar-refractivity contribution < 1.29 is 0 Å². The Labute approximate surface area is 384 Å². The minimum Gasteiger partial charge on any atom is -0.317 e. The second-order valence-corrected chi connectivity index (χ2v) is 16.1. The first-order valence-corrected chi connectivity index (χ1v) is 22.6. The molecule has 65 heavy (non-hydrogen) atoms. The van der Waals surface area contributed by atoms with Crippen molar-refractivity contribution >= 4 is 28.4 Å². The van der Waals surface area contributed by atoms with Gasteiger partial charge in [-0.2, -0.15) is 0 Å². The number of anilines is 5. The molecule has 2 aliphatic rings. The maximum absolute atomic E-state index is 3.82. The molecule has 0 saturated heterocycles. The van der Waals surface area contributed by atoms with Crippen molar-refractivity contribution in [1.29, 1.82) is 0 Å². The lowest BCUT2D eigenvalue weighted by Crippen LogP contribution is -2.25. The fourth-order valence-corrected chi connectivity index (χ4v) is 10.0. The van der Waals surface area contributed by atoms with Crippen LogP contribution in [0.25, 0.3) is 44.5 Å². The Bertz CT molecular complexity index is 3130. The third-order valence-electron chi connectivity index (χ3n) is 12.7. The average Bonchev–Trinajstić information content (AvgIpc) is 3.86. The zero-order valence-electron chi connectivity index (χ0n) is 36.9. The molecule has 1 atom stereocenters. The number of hydrogen-bond acceptors (Lipinski definition) is 2. The summed E-state index contributed by atoms with van der Waals surface area (Å²) in [7, 11) is 0. The Morgan fingerprint density at radius 3 is 1.46 bits per heavy atom. The minimum absolute atomic E-state index is 0.477. The largest absolute Gasteiger partial charge is 0.317 e. The monoisotopic (exact) mass is 834 g/mol. The van der Waals surface area contributed by atoms with Gasteiger partial charge in [0.05, 0.1) is 5.41 Å². The van der Waals surface area contributed by atoms with E-state index in [0.29, 0.717) is 0 Å². The third kappa shape index (κ3) is 7.10. The van der Waals surface area contributed by atoms with Crippen LogP contribution in [-0.2, 0) is 5.41 Å². The van der Waals surface area contributed by atoms with Gasteiger partial charge in [-0.25, -0.2) is 0 Å². The van der Waals surface area contributed by atoms with E-state index in [2.05, 4.69) is 247 Å². The van der Waals surface area contributed by atoms with E-state index in [-0.39, 0.29) is 0 Å². The summed E-state index contributed by atoms with van der Waals surface area (Å²) in [4.78, 5) is 4.53. The Morgan fingerprint density at radius 2 is 0.815 bits per heavy atom. The zero-order valence-corrected chi connectivity index (χ0v) is 36.9. The smallest absolute Gasteiger partial charge is 0.0725 e. The maximum Gasteiger partial charge on any atom is 0.0725 e. The van der Waals surface area contributed by atoms with Crippen LogP contribution in [0, 0.1) is 0 Å². The highest BCUT2D eigenvalue weighted by Crippen LogP contribution is 2.64. The summed E-state index contributed by atoms with van der Waals surface area (Å²) in [5, 5.41) is 0. The van der Waals surface area contributed by atoms with E-state index in [1.165, 1.54) is 66.8 Å². The van der Waals surface area contributed by atoms with Crippen molar-refractivity contribution in [1.82, 2.24) is 0 Å². The first-order chi connectivity index (χ1) is 32.2. The van der Waals surface area contributed by atoms with Crippen LogP contribution >= 0.6 is 0 Å². The van der Waals surface area contributed by atoms with Crippen LogP contribution in [0.2, 0.25) is 0 Å². The maximum atomic E-state index is 3.82. The molecular weight excluding hydrogens is 785 g/mol. The van der Waals surface area contributed by atoms with Crippen LogP contribution < -0.4 is 9.80 Å². The van der Waals surface area contributed by atoms with E-state index < -0.39 is 5.41 Å². The van der Waals surface area contributed by atoms with Gasteiger partial charge in [-0.05, 0) is 140 Å². The molecule has 2 aliphatic carbocycles. The number of benzene rings is 9. The molecule has 2 nitrogen and oxygen atoms in total. The molecule has 1 unspecified atom stereocenters. The van der Waals surface area contributed by atoms with Crippen LogP contribution in [0.5, 0.6) is 0 Å². The van der Waals surface area contributed by atoms with E-state index in [4.69, 9.17) is 0 Å². The fraction of sp³-hybridized carbons (Fsp3) is 0.0476. The number of allylic oxidation sites excluding steroid dienone is 4. The molecule has 0 radical (unpaired) electrons. The number of nitrogens with zero attached hydrogens (tertiary/aromatic N) is 2. The average molecular weight is 835 g/mol. The first kappa shape index (κ1) is 40.8. The van der Waals surface area contributed by atoms with E-state index >= 15 is 0 Å². The lowest BCUT2D eigenvalue weighted by atomic mass is 9.70. The second kappa shape index (κ2) is 17.9. The van der Waals surface area contributed by atoms with Crippen LogP contribution in [0.15, 0.2) is 262 Å². The second-order valence-electron chi connectivity index (χ2n) is 16.1. The van der Waals surface area contributed by atoms with Gasteiger partial charge in [-0.1, -0.05) is 196 Å². The summed E-state index contributed by atoms with van der Waals surface area (Å²) in [5.41, 5.74) is 20.4. The van der Waals surface area contributed by atoms with Gasteiger partial charge in [-0.15, -0.1) is 0 Å². The molecule has 312 valence electrons. The molecule has 0 heterocycles. The third-order valence-corrected chi connectivity index (χ3v) is 12.7. The van der Waals surface area contributed by atoms with E-state index in [0.717, 1.165) is 28.4 Å². The summed E-state index contributed by atoms with van der Waals surface area (Å²) in [6.07, 6.45) is 9.88. The molecule has 0 saturated carbocycles. The number of hydrogen-bond donors (Lipinski definition) is 0.